The van der Waals surface area contributed by atoms with Crippen molar-refractivity contribution in [1.29, 1.82) is 0 Å². The van der Waals surface area contributed by atoms with E-state index >= 15 is 0 Å². The van der Waals surface area contributed by atoms with E-state index in [2.05, 4.69) is 5.16 Å². The Labute approximate surface area is 155 Å². The molecule has 1 aliphatic heterocycles. The molecule has 2 atom stereocenters. The molecule has 1 N–H and O–H groups in total. The maximum absolute atomic E-state index is 12.6. The van der Waals surface area contributed by atoms with Gasteiger partial charge >= 0.3 is 5.97 Å². The summed E-state index contributed by atoms with van der Waals surface area (Å²) in [6, 6.07) is 14.4. The van der Waals surface area contributed by atoms with Crippen LogP contribution in [0.2, 0.25) is 0 Å². The molecule has 3 rings (SSSR count). The Morgan fingerprint density at radius 1 is 1.30 bits per heavy atom. The van der Waals surface area contributed by atoms with Gasteiger partial charge in [-0.15, -0.1) is 0 Å². The summed E-state index contributed by atoms with van der Waals surface area (Å²) in [5.74, 6) is -0.745. The van der Waals surface area contributed by atoms with Crippen molar-refractivity contribution in [2.75, 3.05) is 6.61 Å². The molecule has 8 heteroatoms. The van der Waals surface area contributed by atoms with Crippen molar-refractivity contribution in [3.05, 3.63) is 75.8 Å². The number of esters is 1. The molecular formula is C19H18N2O6. The number of ether oxygens (including phenoxy) is 1. The van der Waals surface area contributed by atoms with E-state index in [0.717, 1.165) is 5.56 Å². The molecule has 0 aliphatic carbocycles. The predicted molar refractivity (Wildman–Crippen MR) is 96.1 cm³/mol. The van der Waals surface area contributed by atoms with Crippen molar-refractivity contribution in [2.45, 2.75) is 25.0 Å². The molecule has 1 aliphatic rings. The molecule has 0 saturated carbocycles. The fourth-order valence-corrected chi connectivity index (χ4v) is 2.90. The van der Waals surface area contributed by atoms with Crippen molar-refractivity contribution < 1.29 is 24.4 Å². The number of nitro benzene ring substituents is 1. The van der Waals surface area contributed by atoms with Gasteiger partial charge in [0.1, 0.15) is 6.10 Å². The van der Waals surface area contributed by atoms with Crippen LogP contribution < -0.4 is 0 Å². The molecule has 140 valence electrons. The van der Waals surface area contributed by atoms with Gasteiger partial charge in [0.25, 0.3) is 11.3 Å². The zero-order valence-corrected chi connectivity index (χ0v) is 14.6. The summed E-state index contributed by atoms with van der Waals surface area (Å²) in [5.41, 5.74) is -0.316. The Morgan fingerprint density at radius 3 is 2.56 bits per heavy atom. The third-order valence-corrected chi connectivity index (χ3v) is 4.34. The van der Waals surface area contributed by atoms with E-state index in [9.17, 15) is 20.0 Å². The average molecular weight is 370 g/mol. The van der Waals surface area contributed by atoms with Gasteiger partial charge in [0.15, 0.2) is 0 Å². The molecular weight excluding hydrogens is 352 g/mol. The largest absolute Gasteiger partial charge is 0.463 e. The second-order valence-electron chi connectivity index (χ2n) is 6.03. The van der Waals surface area contributed by atoms with E-state index in [1.807, 2.05) is 30.3 Å². The number of nitrogens with zero attached hydrogens (tertiary/aromatic N) is 2. The zero-order valence-electron chi connectivity index (χ0n) is 14.6. The summed E-state index contributed by atoms with van der Waals surface area (Å²) < 4.78 is 5.11. The topological polar surface area (TPSA) is 111 Å². The molecule has 2 aromatic carbocycles. The summed E-state index contributed by atoms with van der Waals surface area (Å²) in [6.07, 6.45) is -1.41. The number of carbonyl (C=O) groups is 1. The molecule has 0 fully saturated rings. The van der Waals surface area contributed by atoms with Crippen LogP contribution >= 0.6 is 0 Å². The summed E-state index contributed by atoms with van der Waals surface area (Å²) in [6.45, 7) is 1.76. The fourth-order valence-electron chi connectivity index (χ4n) is 2.90. The van der Waals surface area contributed by atoms with Crippen molar-refractivity contribution in [2.24, 2.45) is 5.16 Å². The quantitative estimate of drug-likeness (QED) is 0.475. The average Bonchev–Trinajstić information content (AvgIpc) is 3.15. The highest BCUT2D eigenvalue weighted by atomic mass is 16.7. The molecule has 2 aromatic rings. The van der Waals surface area contributed by atoms with E-state index in [0.29, 0.717) is 5.71 Å². The van der Waals surface area contributed by atoms with Gasteiger partial charge < -0.3 is 14.7 Å². The lowest BCUT2D eigenvalue weighted by molar-refractivity contribution is -0.384. The van der Waals surface area contributed by atoms with Crippen molar-refractivity contribution in [3.63, 3.8) is 0 Å². The minimum absolute atomic E-state index is 0.00794. The highest BCUT2D eigenvalue weighted by molar-refractivity contribution is 6.05. The van der Waals surface area contributed by atoms with Gasteiger partial charge in [-0.1, -0.05) is 35.5 Å². The second kappa shape index (κ2) is 7.55. The standard InChI is InChI=1S/C19H18N2O6/c1-2-26-18(23)19(12-16(20-27-19)13-6-4-3-5-7-13)17(22)14-8-10-15(11-9-14)21(24)25/h3-11,17,22H,2,12H2,1H3/t17-,19+/m1/s1. The Bertz CT molecular complexity index is 866. The van der Waals surface area contributed by atoms with E-state index in [-0.39, 0.29) is 24.3 Å². The van der Waals surface area contributed by atoms with E-state index in [1.54, 1.807) is 6.92 Å². The van der Waals surface area contributed by atoms with Crippen LogP contribution in [0.1, 0.15) is 30.6 Å². The molecule has 8 nitrogen and oxygen atoms in total. The number of hydrogen-bond acceptors (Lipinski definition) is 7. The van der Waals surface area contributed by atoms with Gasteiger partial charge in [-0.3, -0.25) is 10.1 Å². The molecule has 0 unspecified atom stereocenters. The molecule has 0 radical (unpaired) electrons. The van der Waals surface area contributed by atoms with Gasteiger partial charge in [0, 0.05) is 12.1 Å². The number of rotatable bonds is 6. The Morgan fingerprint density at radius 2 is 1.96 bits per heavy atom. The first-order valence-corrected chi connectivity index (χ1v) is 8.38. The van der Waals surface area contributed by atoms with Gasteiger partial charge in [-0.05, 0) is 30.2 Å². The van der Waals surface area contributed by atoms with Gasteiger partial charge in [0.2, 0.25) is 0 Å². The van der Waals surface area contributed by atoms with E-state index in [1.165, 1.54) is 24.3 Å². The minimum Gasteiger partial charge on any atom is -0.463 e. The Hall–Kier alpha value is -3.26. The molecule has 1 heterocycles. The maximum atomic E-state index is 12.6. The monoisotopic (exact) mass is 370 g/mol. The lowest BCUT2D eigenvalue weighted by Crippen LogP contribution is -2.46. The van der Waals surface area contributed by atoms with E-state index < -0.39 is 22.6 Å². The molecule has 0 saturated heterocycles. The summed E-state index contributed by atoms with van der Waals surface area (Å²) in [7, 11) is 0. The van der Waals surface area contributed by atoms with Crippen molar-refractivity contribution in [1.82, 2.24) is 0 Å². The van der Waals surface area contributed by atoms with Crippen LogP contribution in [0.4, 0.5) is 5.69 Å². The van der Waals surface area contributed by atoms with Crippen LogP contribution in [0.15, 0.2) is 59.8 Å². The Balaban J connectivity index is 1.92. The molecule has 27 heavy (non-hydrogen) atoms. The van der Waals surface area contributed by atoms with Crippen LogP contribution in [0.3, 0.4) is 0 Å². The fraction of sp³-hybridized carbons (Fsp3) is 0.263. The number of non-ortho nitro benzene ring substituents is 1. The number of benzene rings is 2. The molecule has 0 amide bonds. The normalized spacial score (nSPS) is 19.7. The van der Waals surface area contributed by atoms with Crippen molar-refractivity contribution >= 4 is 17.4 Å². The minimum atomic E-state index is -1.75. The highest BCUT2D eigenvalue weighted by Gasteiger charge is 2.54. The first-order chi connectivity index (χ1) is 13.0. The number of aliphatic hydroxyl groups excluding tert-OH is 1. The number of hydrogen-bond donors (Lipinski definition) is 1. The highest BCUT2D eigenvalue weighted by Crippen LogP contribution is 2.39. The van der Waals surface area contributed by atoms with Crippen molar-refractivity contribution in [3.8, 4) is 0 Å². The number of oxime groups is 1. The van der Waals surface area contributed by atoms with Gasteiger partial charge in [-0.2, -0.15) is 0 Å². The van der Waals surface area contributed by atoms with Crippen LogP contribution in [0.25, 0.3) is 0 Å². The first kappa shape index (κ1) is 18.5. The summed E-state index contributed by atoms with van der Waals surface area (Å²) in [5, 5.41) is 25.7. The second-order valence-corrected chi connectivity index (χ2v) is 6.03. The lowest BCUT2D eigenvalue weighted by atomic mass is 9.85. The predicted octanol–water partition coefficient (Wildman–Crippen LogP) is 2.75. The van der Waals surface area contributed by atoms with E-state index in [4.69, 9.17) is 9.57 Å². The lowest BCUT2D eigenvalue weighted by Gasteiger charge is -2.29. The molecule has 0 bridgehead atoms. The number of nitro groups is 1. The van der Waals surface area contributed by atoms with Crippen LogP contribution in [0.5, 0.6) is 0 Å². The zero-order chi connectivity index (χ0) is 19.4. The van der Waals surface area contributed by atoms with Crippen LogP contribution in [-0.2, 0) is 14.4 Å². The van der Waals surface area contributed by atoms with Crippen LogP contribution in [-0.4, -0.2) is 33.9 Å². The number of carbonyl (C=O) groups excluding carboxylic acids is 1. The third-order valence-electron chi connectivity index (χ3n) is 4.34. The molecule has 0 aromatic heterocycles. The SMILES string of the molecule is CCOC(=O)[C@@]1([C@H](O)c2ccc([N+](=O)[O-])cc2)CC(c2ccccc2)=NO1. The van der Waals surface area contributed by atoms with Gasteiger partial charge in [-0.25, -0.2) is 4.79 Å². The number of aliphatic hydroxyl groups is 1. The summed E-state index contributed by atoms with van der Waals surface area (Å²) >= 11 is 0. The molecule has 0 spiro atoms. The van der Waals surface area contributed by atoms with Crippen LogP contribution in [0, 0.1) is 10.1 Å². The maximum Gasteiger partial charge on any atom is 0.356 e. The first-order valence-electron chi connectivity index (χ1n) is 8.38. The third kappa shape index (κ3) is 3.52. The smallest absolute Gasteiger partial charge is 0.356 e. The Kier molecular flexibility index (Phi) is 5.18. The van der Waals surface area contributed by atoms with Gasteiger partial charge in [0.05, 0.1) is 23.7 Å². The summed E-state index contributed by atoms with van der Waals surface area (Å²) in [4.78, 5) is 28.4.